The van der Waals surface area contributed by atoms with E-state index >= 15 is 0 Å². The number of anilines is 1. The summed E-state index contributed by atoms with van der Waals surface area (Å²) in [7, 11) is -3.56. The van der Waals surface area contributed by atoms with Crippen LogP contribution in [0, 0.1) is 13.8 Å². The number of likely N-dealkylation sites (N-methyl/N-ethyl adjacent to an activating group) is 1. The van der Waals surface area contributed by atoms with Gasteiger partial charge in [0.05, 0.1) is 5.69 Å². The Labute approximate surface area is 109 Å². The molecule has 5 heteroatoms. The molecule has 0 radical (unpaired) electrons. The maximum absolute atomic E-state index is 12.5. The highest BCUT2D eigenvalue weighted by Gasteiger charge is 2.26. The number of hydrogen-bond acceptors (Lipinski definition) is 3. The third-order valence-corrected chi connectivity index (χ3v) is 5.14. The SMILES string of the molecule is C=CCN(CC)S(=O)(=O)c1c(N)ccc(C)c1C. The molecule has 1 aromatic rings. The zero-order valence-corrected chi connectivity index (χ0v) is 11.9. The largest absolute Gasteiger partial charge is 0.398 e. The van der Waals surface area contributed by atoms with Crippen LogP contribution in [0.5, 0.6) is 0 Å². The number of nitrogens with two attached hydrogens (primary N) is 1. The molecule has 18 heavy (non-hydrogen) atoms. The summed E-state index contributed by atoms with van der Waals surface area (Å²) in [5.41, 5.74) is 7.75. The van der Waals surface area contributed by atoms with Crippen molar-refractivity contribution < 1.29 is 8.42 Å². The van der Waals surface area contributed by atoms with Crippen molar-refractivity contribution in [2.24, 2.45) is 0 Å². The van der Waals surface area contributed by atoms with Crippen molar-refractivity contribution in [3.63, 3.8) is 0 Å². The molecule has 100 valence electrons. The van der Waals surface area contributed by atoms with Gasteiger partial charge in [0, 0.05) is 13.1 Å². The number of hydrogen-bond donors (Lipinski definition) is 1. The van der Waals surface area contributed by atoms with Gasteiger partial charge < -0.3 is 5.73 Å². The van der Waals surface area contributed by atoms with Gasteiger partial charge in [-0.2, -0.15) is 4.31 Å². The number of nitrogen functional groups attached to an aromatic ring is 1. The first-order valence-corrected chi connectivity index (χ1v) is 7.27. The average molecular weight is 268 g/mol. The Balaban J connectivity index is 3.45. The quantitative estimate of drug-likeness (QED) is 0.657. The molecule has 0 saturated heterocycles. The zero-order valence-electron chi connectivity index (χ0n) is 11.1. The lowest BCUT2D eigenvalue weighted by Crippen LogP contribution is -2.32. The summed E-state index contributed by atoms with van der Waals surface area (Å²) >= 11 is 0. The van der Waals surface area contributed by atoms with Crippen molar-refractivity contribution in [2.75, 3.05) is 18.8 Å². The first-order chi connectivity index (χ1) is 8.36. The smallest absolute Gasteiger partial charge is 0.245 e. The average Bonchev–Trinajstić information content (AvgIpc) is 2.30. The summed E-state index contributed by atoms with van der Waals surface area (Å²) < 4.78 is 26.4. The van der Waals surface area contributed by atoms with Gasteiger partial charge in [0.25, 0.3) is 0 Å². The molecule has 2 N–H and O–H groups in total. The molecule has 0 fully saturated rings. The Hall–Kier alpha value is -1.33. The van der Waals surface area contributed by atoms with Gasteiger partial charge in [0.1, 0.15) is 4.90 Å². The molecule has 0 aliphatic heterocycles. The maximum atomic E-state index is 12.5. The molecule has 4 nitrogen and oxygen atoms in total. The minimum Gasteiger partial charge on any atom is -0.398 e. The standard InChI is InChI=1S/C13H20N2O2S/c1-5-9-15(6-2)18(16,17)13-11(4)10(3)7-8-12(13)14/h5,7-8H,1,6,9,14H2,2-4H3. The van der Waals surface area contributed by atoms with Crippen molar-refractivity contribution in [3.8, 4) is 0 Å². The molecule has 1 rings (SSSR count). The molecule has 0 amide bonds. The van der Waals surface area contributed by atoms with Crippen molar-refractivity contribution >= 4 is 15.7 Å². The lowest BCUT2D eigenvalue weighted by Gasteiger charge is -2.21. The van der Waals surface area contributed by atoms with Crippen LogP contribution < -0.4 is 5.73 Å². The third kappa shape index (κ3) is 2.57. The van der Waals surface area contributed by atoms with Crippen LogP contribution in [0.25, 0.3) is 0 Å². The summed E-state index contributed by atoms with van der Waals surface area (Å²) in [4.78, 5) is 0.214. The van der Waals surface area contributed by atoms with Gasteiger partial charge >= 0.3 is 0 Å². The molecule has 0 heterocycles. The lowest BCUT2D eigenvalue weighted by atomic mass is 10.1. The first-order valence-electron chi connectivity index (χ1n) is 5.83. The highest BCUT2D eigenvalue weighted by Crippen LogP contribution is 2.28. The normalized spacial score (nSPS) is 11.8. The van der Waals surface area contributed by atoms with Crippen LogP contribution in [0.15, 0.2) is 29.7 Å². The van der Waals surface area contributed by atoms with E-state index < -0.39 is 10.0 Å². The molecule has 0 spiro atoms. The van der Waals surface area contributed by atoms with Crippen LogP contribution in [0.4, 0.5) is 5.69 Å². The third-order valence-electron chi connectivity index (χ3n) is 2.99. The Morgan fingerprint density at radius 2 is 2.00 bits per heavy atom. The number of benzene rings is 1. The minimum absolute atomic E-state index is 0.214. The molecule has 0 unspecified atom stereocenters. The Bertz CT molecular complexity index is 550. The van der Waals surface area contributed by atoms with Gasteiger partial charge in [-0.1, -0.05) is 19.1 Å². The van der Waals surface area contributed by atoms with Gasteiger partial charge in [-0.15, -0.1) is 6.58 Å². The fourth-order valence-electron chi connectivity index (χ4n) is 1.82. The molecular weight excluding hydrogens is 248 g/mol. The molecule has 0 saturated carbocycles. The zero-order chi connectivity index (χ0) is 13.9. The second kappa shape index (κ2) is 5.54. The summed E-state index contributed by atoms with van der Waals surface area (Å²) in [5.74, 6) is 0. The maximum Gasteiger partial charge on any atom is 0.245 e. The van der Waals surface area contributed by atoms with E-state index in [2.05, 4.69) is 6.58 Å². The molecule has 0 aromatic heterocycles. The van der Waals surface area contributed by atoms with E-state index in [1.54, 1.807) is 26.0 Å². The highest BCUT2D eigenvalue weighted by atomic mass is 32.2. The van der Waals surface area contributed by atoms with Crippen LogP contribution >= 0.6 is 0 Å². The van der Waals surface area contributed by atoms with E-state index in [0.29, 0.717) is 17.8 Å². The molecular formula is C13H20N2O2S. The highest BCUT2D eigenvalue weighted by molar-refractivity contribution is 7.89. The summed E-state index contributed by atoms with van der Waals surface area (Å²) in [6.45, 7) is 9.70. The Morgan fingerprint density at radius 1 is 1.39 bits per heavy atom. The van der Waals surface area contributed by atoms with Crippen molar-refractivity contribution in [1.82, 2.24) is 4.31 Å². The predicted octanol–water partition coefficient (Wildman–Crippen LogP) is 2.08. The molecule has 0 aliphatic rings. The van der Waals surface area contributed by atoms with Crippen LogP contribution in [-0.2, 0) is 10.0 Å². The van der Waals surface area contributed by atoms with Crippen molar-refractivity contribution in [3.05, 3.63) is 35.9 Å². The van der Waals surface area contributed by atoms with E-state index in [1.165, 1.54) is 4.31 Å². The van der Waals surface area contributed by atoms with Gasteiger partial charge in [0.2, 0.25) is 10.0 Å². The van der Waals surface area contributed by atoms with Crippen molar-refractivity contribution in [2.45, 2.75) is 25.7 Å². The monoisotopic (exact) mass is 268 g/mol. The summed E-state index contributed by atoms with van der Waals surface area (Å²) in [6, 6.07) is 3.46. The molecule has 1 aromatic carbocycles. The van der Waals surface area contributed by atoms with Crippen LogP contribution in [0.2, 0.25) is 0 Å². The van der Waals surface area contributed by atoms with Gasteiger partial charge in [-0.25, -0.2) is 8.42 Å². The first kappa shape index (κ1) is 14.7. The van der Waals surface area contributed by atoms with Crippen LogP contribution in [-0.4, -0.2) is 25.8 Å². The number of aryl methyl sites for hydroxylation is 1. The van der Waals surface area contributed by atoms with E-state index in [1.807, 2.05) is 13.0 Å². The van der Waals surface area contributed by atoms with E-state index in [0.717, 1.165) is 5.56 Å². The second-order valence-electron chi connectivity index (χ2n) is 4.17. The second-order valence-corrected chi connectivity index (χ2v) is 6.04. The fraction of sp³-hybridized carbons (Fsp3) is 0.385. The predicted molar refractivity (Wildman–Crippen MR) is 75.0 cm³/mol. The van der Waals surface area contributed by atoms with Crippen LogP contribution in [0.1, 0.15) is 18.1 Å². The minimum atomic E-state index is -3.56. The van der Waals surface area contributed by atoms with Gasteiger partial charge in [-0.3, -0.25) is 0 Å². The fourth-order valence-corrected chi connectivity index (χ4v) is 3.64. The lowest BCUT2D eigenvalue weighted by molar-refractivity contribution is 0.459. The molecule has 0 bridgehead atoms. The number of sulfonamides is 1. The van der Waals surface area contributed by atoms with Gasteiger partial charge in [0.15, 0.2) is 0 Å². The van der Waals surface area contributed by atoms with Crippen molar-refractivity contribution in [1.29, 1.82) is 0 Å². The summed E-state index contributed by atoms with van der Waals surface area (Å²) in [5, 5.41) is 0. The van der Waals surface area contributed by atoms with E-state index in [-0.39, 0.29) is 11.4 Å². The Morgan fingerprint density at radius 3 is 2.50 bits per heavy atom. The molecule has 0 aliphatic carbocycles. The number of nitrogens with zero attached hydrogens (tertiary/aromatic N) is 1. The van der Waals surface area contributed by atoms with Crippen LogP contribution in [0.3, 0.4) is 0 Å². The van der Waals surface area contributed by atoms with E-state index in [4.69, 9.17) is 5.73 Å². The Kier molecular flexibility index (Phi) is 4.53. The topological polar surface area (TPSA) is 63.4 Å². The molecule has 0 atom stereocenters. The van der Waals surface area contributed by atoms with E-state index in [9.17, 15) is 8.42 Å². The summed E-state index contributed by atoms with van der Waals surface area (Å²) in [6.07, 6.45) is 1.57. The van der Waals surface area contributed by atoms with Gasteiger partial charge in [-0.05, 0) is 31.0 Å². The number of rotatable bonds is 5.